The van der Waals surface area contributed by atoms with Crippen LogP contribution < -0.4 is 4.90 Å². The number of hydrogen-bond acceptors (Lipinski definition) is 6. The molecule has 0 N–H and O–H groups in total. The van der Waals surface area contributed by atoms with Gasteiger partial charge in [-0.3, -0.25) is 4.79 Å². The monoisotopic (exact) mass is 519 g/mol. The van der Waals surface area contributed by atoms with Crippen molar-refractivity contribution < 1.29 is 31.1 Å². The lowest BCUT2D eigenvalue weighted by Gasteiger charge is -2.32. The number of fused-ring (bicyclic) bond motifs is 2. The number of benzene rings is 3. The minimum atomic E-state index is -4.84. The second-order valence-corrected chi connectivity index (χ2v) is 10.8. The lowest BCUT2D eigenvalue weighted by atomic mass is 9.91. The van der Waals surface area contributed by atoms with E-state index in [2.05, 4.69) is 0 Å². The Labute approximate surface area is 205 Å². The second kappa shape index (κ2) is 9.43. The topological polar surface area (TPSA) is 63.7 Å². The molecule has 0 atom stereocenters. The van der Waals surface area contributed by atoms with Gasteiger partial charge >= 0.3 is 12.1 Å². The molecule has 0 amide bonds. The van der Waals surface area contributed by atoms with Crippen molar-refractivity contribution in [1.29, 1.82) is 0 Å². The van der Waals surface area contributed by atoms with Gasteiger partial charge in [0.25, 0.3) is 0 Å². The van der Waals surface area contributed by atoms with Crippen molar-refractivity contribution in [1.82, 2.24) is 0 Å². The number of alkyl halides is 3. The van der Waals surface area contributed by atoms with E-state index in [1.54, 1.807) is 0 Å². The molecule has 0 bridgehead atoms. The van der Waals surface area contributed by atoms with Gasteiger partial charge in [0, 0.05) is 46.9 Å². The van der Waals surface area contributed by atoms with E-state index in [0.29, 0.717) is 10.5 Å². The predicted octanol–water partition coefficient (Wildman–Crippen LogP) is 6.18. The summed E-state index contributed by atoms with van der Waals surface area (Å²) < 4.78 is 67.7. The summed E-state index contributed by atoms with van der Waals surface area (Å²) in [6, 6.07) is 20.3. The fraction of sp³-hybridized carbons (Fsp3) is 0.160. The van der Waals surface area contributed by atoms with Gasteiger partial charge in [-0.15, -0.1) is 0 Å². The molecular formula is C25H20F3NO4S2. The number of rotatable bonds is 5. The SMILES string of the molecule is CC(=O)OC(Sc1ccc(S(=O)(=O)CC(F)(F)F)cc1)=C1c2ccccc2N(C)c2ccccc21. The van der Waals surface area contributed by atoms with E-state index in [9.17, 15) is 26.4 Å². The van der Waals surface area contributed by atoms with Crippen LogP contribution in [0.4, 0.5) is 24.5 Å². The van der Waals surface area contributed by atoms with E-state index in [1.165, 1.54) is 19.1 Å². The molecule has 182 valence electrons. The molecule has 3 aromatic carbocycles. The number of carbonyl (C=O) groups excluding carboxylic acids is 1. The molecule has 35 heavy (non-hydrogen) atoms. The van der Waals surface area contributed by atoms with Gasteiger partial charge < -0.3 is 9.64 Å². The predicted molar refractivity (Wildman–Crippen MR) is 129 cm³/mol. The minimum Gasteiger partial charge on any atom is -0.419 e. The van der Waals surface area contributed by atoms with E-state index in [1.807, 2.05) is 60.5 Å². The van der Waals surface area contributed by atoms with Crippen molar-refractivity contribution in [3.63, 3.8) is 0 Å². The van der Waals surface area contributed by atoms with E-state index < -0.39 is 32.6 Å². The third kappa shape index (κ3) is 5.38. The summed E-state index contributed by atoms with van der Waals surface area (Å²) in [4.78, 5) is 14.1. The average molecular weight is 520 g/mol. The molecule has 1 aliphatic heterocycles. The molecule has 0 aromatic heterocycles. The Morgan fingerprint density at radius 2 is 1.43 bits per heavy atom. The summed E-state index contributed by atoms with van der Waals surface area (Å²) in [7, 11) is -2.59. The van der Waals surface area contributed by atoms with Crippen LogP contribution in [0, 0.1) is 0 Å². The van der Waals surface area contributed by atoms with Gasteiger partial charge in [0.1, 0.15) is 0 Å². The Bertz CT molecular complexity index is 1370. The molecule has 5 nitrogen and oxygen atoms in total. The van der Waals surface area contributed by atoms with Crippen LogP contribution in [0.5, 0.6) is 0 Å². The van der Waals surface area contributed by atoms with Gasteiger partial charge in [-0.05, 0) is 36.4 Å². The largest absolute Gasteiger partial charge is 0.419 e. The number of halogens is 3. The summed E-state index contributed by atoms with van der Waals surface area (Å²) in [6.07, 6.45) is -4.84. The zero-order valence-electron chi connectivity index (χ0n) is 18.7. The molecule has 10 heteroatoms. The third-order valence-electron chi connectivity index (χ3n) is 5.26. The molecule has 0 unspecified atom stereocenters. The number of esters is 1. The number of ether oxygens (including phenoxy) is 1. The van der Waals surface area contributed by atoms with Crippen LogP contribution in [-0.2, 0) is 19.4 Å². The van der Waals surface area contributed by atoms with Crippen LogP contribution in [-0.4, -0.2) is 33.4 Å². The van der Waals surface area contributed by atoms with Crippen molar-refractivity contribution in [2.24, 2.45) is 0 Å². The Kier molecular flexibility index (Phi) is 6.70. The maximum Gasteiger partial charge on any atom is 0.403 e. The molecule has 4 rings (SSSR count). The van der Waals surface area contributed by atoms with Crippen molar-refractivity contribution in [2.75, 3.05) is 17.7 Å². The van der Waals surface area contributed by atoms with Crippen LogP contribution in [0.25, 0.3) is 5.57 Å². The van der Waals surface area contributed by atoms with Crippen molar-refractivity contribution in [2.45, 2.75) is 22.9 Å². The Morgan fingerprint density at radius 1 is 0.914 bits per heavy atom. The Balaban J connectivity index is 1.80. The normalized spacial score (nSPS) is 13.2. The zero-order valence-corrected chi connectivity index (χ0v) is 20.3. The Morgan fingerprint density at radius 3 is 1.91 bits per heavy atom. The number of sulfone groups is 1. The first-order chi connectivity index (χ1) is 16.5. The lowest BCUT2D eigenvalue weighted by Crippen LogP contribution is -2.22. The highest BCUT2D eigenvalue weighted by Gasteiger charge is 2.36. The number of anilines is 2. The van der Waals surface area contributed by atoms with Crippen molar-refractivity contribution in [3.05, 3.63) is 89.0 Å². The first kappa shape index (κ1) is 24.9. The van der Waals surface area contributed by atoms with E-state index in [0.717, 1.165) is 46.4 Å². The summed E-state index contributed by atoms with van der Waals surface area (Å²) in [5.74, 6) is -2.48. The van der Waals surface area contributed by atoms with Gasteiger partial charge in [0.05, 0.1) is 4.90 Å². The number of carbonyl (C=O) groups is 1. The molecule has 0 saturated heterocycles. The number of para-hydroxylation sites is 2. The lowest BCUT2D eigenvalue weighted by molar-refractivity contribution is -0.135. The molecule has 0 saturated carbocycles. The van der Waals surface area contributed by atoms with Gasteiger partial charge in [-0.25, -0.2) is 8.42 Å². The number of thioether (sulfide) groups is 1. The minimum absolute atomic E-state index is 0.274. The average Bonchev–Trinajstić information content (AvgIpc) is 2.78. The van der Waals surface area contributed by atoms with E-state index in [-0.39, 0.29) is 5.09 Å². The highest BCUT2D eigenvalue weighted by Crippen LogP contribution is 2.48. The highest BCUT2D eigenvalue weighted by molar-refractivity contribution is 8.03. The molecule has 0 aliphatic carbocycles. The molecule has 1 heterocycles. The molecule has 0 spiro atoms. The fourth-order valence-electron chi connectivity index (χ4n) is 3.82. The highest BCUT2D eigenvalue weighted by atomic mass is 32.2. The molecule has 3 aromatic rings. The molecule has 1 aliphatic rings. The third-order valence-corrected chi connectivity index (χ3v) is 7.94. The smallest absolute Gasteiger partial charge is 0.403 e. The molecule has 0 radical (unpaired) electrons. The Hall–Kier alpha value is -3.24. The summed E-state index contributed by atoms with van der Waals surface area (Å²) in [6.45, 7) is 1.28. The first-order valence-corrected chi connectivity index (χ1v) is 12.9. The second-order valence-electron chi connectivity index (χ2n) is 7.80. The standard InChI is InChI=1S/C25H20F3NO4S2/c1-16(30)33-24(34-17-11-13-18(14-12-17)35(31,32)15-25(26,27)28)23-19-7-3-5-9-21(19)29(2)22-10-6-4-8-20(22)23/h3-14H,15H2,1-2H3. The van der Waals surface area contributed by atoms with Crippen molar-refractivity contribution >= 4 is 44.5 Å². The van der Waals surface area contributed by atoms with E-state index in [4.69, 9.17) is 4.74 Å². The number of nitrogens with zero attached hydrogens (tertiary/aromatic N) is 1. The number of hydrogen-bond donors (Lipinski definition) is 0. The van der Waals surface area contributed by atoms with Crippen LogP contribution in [0.2, 0.25) is 0 Å². The molecular weight excluding hydrogens is 499 g/mol. The summed E-state index contributed by atoms with van der Waals surface area (Å²) in [5.41, 5.74) is 4.16. The van der Waals surface area contributed by atoms with Gasteiger partial charge in [0.2, 0.25) is 0 Å². The quantitative estimate of drug-likeness (QED) is 0.228. The van der Waals surface area contributed by atoms with E-state index >= 15 is 0 Å². The van der Waals surface area contributed by atoms with Gasteiger partial charge in [-0.2, -0.15) is 13.2 Å². The van der Waals surface area contributed by atoms with Crippen LogP contribution in [0.3, 0.4) is 0 Å². The maximum absolute atomic E-state index is 12.6. The van der Waals surface area contributed by atoms with Crippen LogP contribution in [0.15, 0.2) is 87.7 Å². The fourth-order valence-corrected chi connectivity index (χ4v) is 5.94. The van der Waals surface area contributed by atoms with Gasteiger partial charge in [0.15, 0.2) is 20.7 Å². The first-order valence-electron chi connectivity index (χ1n) is 10.4. The maximum atomic E-state index is 12.6. The summed E-state index contributed by atoms with van der Waals surface area (Å²) in [5, 5.41) is 0.274. The van der Waals surface area contributed by atoms with Crippen LogP contribution in [0.1, 0.15) is 18.1 Å². The van der Waals surface area contributed by atoms with Crippen molar-refractivity contribution in [3.8, 4) is 0 Å². The van der Waals surface area contributed by atoms with Gasteiger partial charge in [-0.1, -0.05) is 48.2 Å². The molecule has 0 fully saturated rings. The summed E-state index contributed by atoms with van der Waals surface area (Å²) >= 11 is 1.09. The zero-order chi connectivity index (χ0) is 25.4. The van der Waals surface area contributed by atoms with Crippen LogP contribution >= 0.6 is 11.8 Å².